The molecule has 18 heavy (non-hydrogen) atoms. The van der Waals surface area contributed by atoms with Gasteiger partial charge in [-0.2, -0.15) is 0 Å². The van der Waals surface area contributed by atoms with Crippen LogP contribution in [0.25, 0.3) is 0 Å². The quantitative estimate of drug-likeness (QED) is 0.853. The largest absolute Gasteiger partial charge is 0.388 e. The van der Waals surface area contributed by atoms with Gasteiger partial charge in [0.05, 0.1) is 6.10 Å². The number of aliphatic hydroxyl groups is 1. The minimum Gasteiger partial charge on any atom is -0.388 e. The molecule has 0 spiro atoms. The zero-order valence-corrected chi connectivity index (χ0v) is 10.8. The van der Waals surface area contributed by atoms with E-state index in [2.05, 4.69) is 0 Å². The fourth-order valence-electron chi connectivity index (χ4n) is 2.78. The highest BCUT2D eigenvalue weighted by Crippen LogP contribution is 2.33. The van der Waals surface area contributed by atoms with Crippen LogP contribution in [0.3, 0.4) is 0 Å². The van der Waals surface area contributed by atoms with Crippen molar-refractivity contribution in [3.63, 3.8) is 0 Å². The fourth-order valence-corrected chi connectivity index (χ4v) is 2.78. The summed E-state index contributed by atoms with van der Waals surface area (Å²) in [5.74, 6) is -0.510. The third-order valence-corrected chi connectivity index (χ3v) is 3.92. The van der Waals surface area contributed by atoms with Gasteiger partial charge in [-0.3, -0.25) is 0 Å². The maximum Gasteiger partial charge on any atom is 0.129 e. The van der Waals surface area contributed by atoms with Gasteiger partial charge in [-0.15, -0.1) is 0 Å². The lowest BCUT2D eigenvalue weighted by atomic mass is 9.84. The molecule has 0 aromatic heterocycles. The fraction of sp³-hybridized carbons (Fsp3) is 0.600. The van der Waals surface area contributed by atoms with Crippen molar-refractivity contribution in [2.24, 2.45) is 5.92 Å². The van der Waals surface area contributed by atoms with E-state index in [9.17, 15) is 13.9 Å². The summed E-state index contributed by atoms with van der Waals surface area (Å²) in [4.78, 5) is 0. The number of aliphatic hydroxyl groups excluding tert-OH is 1. The standard InChI is InChI=1S/C15H20F2O/c1-10-7-14(17)12(9-13(10)16)15(18)8-11-5-3-2-4-6-11/h7,9,11,15,18H,2-6,8H2,1H3. The van der Waals surface area contributed by atoms with Crippen LogP contribution in [0.2, 0.25) is 0 Å². The molecule has 1 atom stereocenters. The van der Waals surface area contributed by atoms with E-state index in [0.717, 1.165) is 25.0 Å². The van der Waals surface area contributed by atoms with Crippen molar-refractivity contribution in [1.29, 1.82) is 0 Å². The minimum absolute atomic E-state index is 0.101. The lowest BCUT2D eigenvalue weighted by Crippen LogP contribution is -2.12. The zero-order valence-electron chi connectivity index (χ0n) is 10.8. The van der Waals surface area contributed by atoms with Gasteiger partial charge in [-0.25, -0.2) is 8.78 Å². The molecule has 0 radical (unpaired) electrons. The Balaban J connectivity index is 2.08. The van der Waals surface area contributed by atoms with Gasteiger partial charge in [-0.05, 0) is 37.0 Å². The van der Waals surface area contributed by atoms with E-state index in [1.165, 1.54) is 26.2 Å². The normalized spacial score (nSPS) is 18.9. The van der Waals surface area contributed by atoms with Crippen LogP contribution in [-0.4, -0.2) is 5.11 Å². The summed E-state index contributed by atoms with van der Waals surface area (Å²) in [6.07, 6.45) is 5.45. The van der Waals surface area contributed by atoms with Gasteiger partial charge in [0.2, 0.25) is 0 Å². The number of hydrogen-bond acceptors (Lipinski definition) is 1. The average Bonchev–Trinajstić information content (AvgIpc) is 2.35. The Morgan fingerprint density at radius 3 is 2.50 bits per heavy atom. The Morgan fingerprint density at radius 2 is 1.83 bits per heavy atom. The Labute approximate surface area is 107 Å². The smallest absolute Gasteiger partial charge is 0.129 e. The molecule has 1 nitrogen and oxygen atoms in total. The van der Waals surface area contributed by atoms with E-state index in [4.69, 9.17) is 0 Å². The Morgan fingerprint density at radius 1 is 1.17 bits per heavy atom. The molecule has 3 heteroatoms. The van der Waals surface area contributed by atoms with E-state index in [0.29, 0.717) is 12.3 Å². The highest BCUT2D eigenvalue weighted by molar-refractivity contribution is 5.26. The summed E-state index contributed by atoms with van der Waals surface area (Å²) >= 11 is 0. The predicted octanol–water partition coefficient (Wildman–Crippen LogP) is 4.28. The molecule has 1 unspecified atom stereocenters. The molecule has 1 saturated carbocycles. The maximum atomic E-state index is 13.7. The molecule has 0 heterocycles. The van der Waals surface area contributed by atoms with Crippen molar-refractivity contribution >= 4 is 0 Å². The van der Waals surface area contributed by atoms with Gasteiger partial charge < -0.3 is 5.11 Å². The van der Waals surface area contributed by atoms with Crippen LogP contribution in [0.4, 0.5) is 8.78 Å². The minimum atomic E-state index is -0.886. The summed E-state index contributed by atoms with van der Waals surface area (Å²) in [5, 5.41) is 10.1. The van der Waals surface area contributed by atoms with Crippen LogP contribution in [-0.2, 0) is 0 Å². The second kappa shape index (κ2) is 5.79. The van der Waals surface area contributed by atoms with Crippen LogP contribution in [0.1, 0.15) is 55.8 Å². The van der Waals surface area contributed by atoms with Gasteiger partial charge in [0.1, 0.15) is 11.6 Å². The van der Waals surface area contributed by atoms with E-state index in [1.807, 2.05) is 0 Å². The maximum absolute atomic E-state index is 13.7. The van der Waals surface area contributed by atoms with Crippen molar-refractivity contribution in [2.45, 2.75) is 51.6 Å². The third kappa shape index (κ3) is 3.08. The molecule has 1 aliphatic carbocycles. The molecular formula is C15H20F2O. The van der Waals surface area contributed by atoms with Gasteiger partial charge in [0, 0.05) is 5.56 Å². The summed E-state index contributed by atoms with van der Waals surface area (Å²) < 4.78 is 27.1. The van der Waals surface area contributed by atoms with E-state index in [-0.39, 0.29) is 11.1 Å². The molecule has 1 N–H and O–H groups in total. The first-order valence-electron chi connectivity index (χ1n) is 6.71. The first-order valence-corrected chi connectivity index (χ1v) is 6.71. The second-order valence-electron chi connectivity index (χ2n) is 5.38. The monoisotopic (exact) mass is 254 g/mol. The van der Waals surface area contributed by atoms with Crippen LogP contribution in [0, 0.1) is 24.5 Å². The first kappa shape index (κ1) is 13.5. The topological polar surface area (TPSA) is 20.2 Å². The summed E-state index contributed by atoms with van der Waals surface area (Å²) in [5.41, 5.74) is 0.379. The van der Waals surface area contributed by atoms with Crippen LogP contribution >= 0.6 is 0 Å². The van der Waals surface area contributed by atoms with Crippen LogP contribution < -0.4 is 0 Å². The Bertz CT molecular complexity index is 411. The van der Waals surface area contributed by atoms with Gasteiger partial charge in [0.15, 0.2) is 0 Å². The zero-order chi connectivity index (χ0) is 13.1. The Hall–Kier alpha value is -0.960. The number of rotatable bonds is 3. The van der Waals surface area contributed by atoms with Crippen molar-refractivity contribution in [3.05, 3.63) is 34.9 Å². The van der Waals surface area contributed by atoms with E-state index >= 15 is 0 Å². The summed E-state index contributed by atoms with van der Waals surface area (Å²) in [7, 11) is 0. The average molecular weight is 254 g/mol. The van der Waals surface area contributed by atoms with Crippen molar-refractivity contribution in [2.75, 3.05) is 0 Å². The number of aryl methyl sites for hydroxylation is 1. The molecule has 0 bridgehead atoms. The lowest BCUT2D eigenvalue weighted by Gasteiger charge is -2.24. The van der Waals surface area contributed by atoms with Crippen LogP contribution in [0.15, 0.2) is 12.1 Å². The van der Waals surface area contributed by atoms with Gasteiger partial charge in [-0.1, -0.05) is 32.1 Å². The molecule has 0 saturated heterocycles. The van der Waals surface area contributed by atoms with Crippen molar-refractivity contribution in [1.82, 2.24) is 0 Å². The van der Waals surface area contributed by atoms with Crippen molar-refractivity contribution < 1.29 is 13.9 Å². The number of benzene rings is 1. The second-order valence-corrected chi connectivity index (χ2v) is 5.38. The molecule has 2 rings (SSSR count). The van der Waals surface area contributed by atoms with Crippen LogP contribution in [0.5, 0.6) is 0 Å². The Kier molecular flexibility index (Phi) is 4.33. The van der Waals surface area contributed by atoms with Crippen molar-refractivity contribution in [3.8, 4) is 0 Å². The lowest BCUT2D eigenvalue weighted by molar-refractivity contribution is 0.127. The van der Waals surface area contributed by atoms with Gasteiger partial charge in [0.25, 0.3) is 0 Å². The highest BCUT2D eigenvalue weighted by Gasteiger charge is 2.21. The SMILES string of the molecule is Cc1cc(F)c(C(O)CC2CCCCC2)cc1F. The summed E-state index contributed by atoms with van der Waals surface area (Å²) in [6.45, 7) is 1.52. The molecule has 1 aromatic rings. The number of halogens is 2. The molecule has 0 amide bonds. The molecule has 0 aliphatic heterocycles. The predicted molar refractivity (Wildman–Crippen MR) is 67.2 cm³/mol. The molecule has 1 aliphatic rings. The molecule has 1 fully saturated rings. The summed E-state index contributed by atoms with van der Waals surface area (Å²) in [6, 6.07) is 2.30. The van der Waals surface area contributed by atoms with E-state index < -0.39 is 17.7 Å². The highest BCUT2D eigenvalue weighted by atomic mass is 19.1. The third-order valence-electron chi connectivity index (χ3n) is 3.92. The first-order chi connectivity index (χ1) is 8.58. The van der Waals surface area contributed by atoms with Gasteiger partial charge >= 0.3 is 0 Å². The molecule has 1 aromatic carbocycles. The molecule has 100 valence electrons. The molecular weight excluding hydrogens is 234 g/mol. The van der Waals surface area contributed by atoms with E-state index in [1.54, 1.807) is 0 Å². The number of hydrogen-bond donors (Lipinski definition) is 1.